The van der Waals surface area contributed by atoms with Crippen LogP contribution in [0.4, 0.5) is 0 Å². The molecule has 0 heterocycles. The van der Waals surface area contributed by atoms with Crippen molar-refractivity contribution in [3.63, 3.8) is 0 Å². The normalized spacial score (nSPS) is 10.3. The zero-order valence-corrected chi connectivity index (χ0v) is 12.6. The average molecular weight is 268 g/mol. The van der Waals surface area contributed by atoms with Gasteiger partial charge in [-0.1, -0.05) is 45.4 Å². The maximum absolute atomic E-state index is 10.8. The van der Waals surface area contributed by atoms with E-state index in [4.69, 9.17) is 4.74 Å². The smallest absolute Gasteiger partial charge is 0.305 e. The first kappa shape index (κ1) is 19.9. The van der Waals surface area contributed by atoms with E-state index in [-0.39, 0.29) is 5.97 Å². The van der Waals surface area contributed by atoms with Crippen LogP contribution in [0.5, 0.6) is 0 Å². The summed E-state index contributed by atoms with van der Waals surface area (Å²) in [6.45, 7) is 6.66. The topological polar surface area (TPSA) is 43.4 Å². The first-order chi connectivity index (χ1) is 9.22. The SMILES string of the molecule is CC/C=C\CCOC(=O)CCC.CCC/C=C/C=O. The van der Waals surface area contributed by atoms with E-state index >= 15 is 0 Å². The third-order valence-electron chi connectivity index (χ3n) is 2.07. The second kappa shape index (κ2) is 19.0. The molecule has 0 aliphatic carbocycles. The summed E-state index contributed by atoms with van der Waals surface area (Å²) >= 11 is 0. The molecule has 3 heteroatoms. The number of rotatable bonds is 9. The largest absolute Gasteiger partial charge is 0.465 e. The Kier molecular flexibility index (Phi) is 19.9. The van der Waals surface area contributed by atoms with Crippen molar-refractivity contribution in [3.05, 3.63) is 24.3 Å². The predicted molar refractivity (Wildman–Crippen MR) is 80.0 cm³/mol. The Morgan fingerprint density at radius 3 is 2.26 bits per heavy atom. The van der Waals surface area contributed by atoms with Gasteiger partial charge in [-0.15, -0.1) is 0 Å². The third-order valence-corrected chi connectivity index (χ3v) is 2.07. The van der Waals surface area contributed by atoms with E-state index in [2.05, 4.69) is 19.9 Å². The summed E-state index contributed by atoms with van der Waals surface area (Å²) in [5.41, 5.74) is 0. The number of carbonyl (C=O) groups excluding carboxylic acids is 2. The summed E-state index contributed by atoms with van der Waals surface area (Å²) in [4.78, 5) is 20.4. The van der Waals surface area contributed by atoms with Gasteiger partial charge in [0.15, 0.2) is 0 Å². The molecule has 0 bridgehead atoms. The molecule has 0 aliphatic rings. The molecule has 0 aliphatic heterocycles. The molecule has 0 rings (SSSR count). The van der Waals surface area contributed by atoms with Crippen LogP contribution >= 0.6 is 0 Å². The van der Waals surface area contributed by atoms with Crippen LogP contribution in [0.15, 0.2) is 24.3 Å². The van der Waals surface area contributed by atoms with Gasteiger partial charge in [0.2, 0.25) is 0 Å². The summed E-state index contributed by atoms with van der Waals surface area (Å²) in [6.07, 6.45) is 13.7. The van der Waals surface area contributed by atoms with Crippen LogP contribution in [0.2, 0.25) is 0 Å². The van der Waals surface area contributed by atoms with E-state index in [0.717, 1.165) is 38.4 Å². The number of ether oxygens (including phenoxy) is 1. The summed E-state index contributed by atoms with van der Waals surface area (Å²) < 4.78 is 4.94. The number of allylic oxidation sites excluding steroid dienone is 3. The van der Waals surface area contributed by atoms with Gasteiger partial charge in [0.1, 0.15) is 6.29 Å². The molecule has 3 nitrogen and oxygen atoms in total. The molecule has 0 aromatic carbocycles. The lowest BCUT2D eigenvalue weighted by atomic mass is 10.3. The Labute approximate surface area is 117 Å². The summed E-state index contributed by atoms with van der Waals surface area (Å²) in [5, 5.41) is 0. The van der Waals surface area contributed by atoms with E-state index in [9.17, 15) is 9.59 Å². The molecule has 0 unspecified atom stereocenters. The molecule has 0 amide bonds. The molecule has 0 atom stereocenters. The van der Waals surface area contributed by atoms with Gasteiger partial charge in [0, 0.05) is 6.42 Å². The highest BCUT2D eigenvalue weighted by atomic mass is 16.5. The van der Waals surface area contributed by atoms with Crippen molar-refractivity contribution in [2.45, 2.75) is 59.3 Å². The lowest BCUT2D eigenvalue weighted by Crippen LogP contribution is -2.04. The van der Waals surface area contributed by atoms with Crippen LogP contribution in [0.3, 0.4) is 0 Å². The van der Waals surface area contributed by atoms with Crippen molar-refractivity contribution in [2.75, 3.05) is 6.61 Å². The van der Waals surface area contributed by atoms with Crippen LogP contribution in [0.1, 0.15) is 59.3 Å². The number of hydrogen-bond acceptors (Lipinski definition) is 3. The lowest BCUT2D eigenvalue weighted by molar-refractivity contribution is -0.143. The number of aldehydes is 1. The molecule has 0 aromatic rings. The van der Waals surface area contributed by atoms with Gasteiger partial charge in [0.25, 0.3) is 0 Å². The van der Waals surface area contributed by atoms with Crippen LogP contribution < -0.4 is 0 Å². The molecular formula is C16H28O3. The standard InChI is InChI=1S/C10H18O2.C6H10O/c1-3-5-6-7-9-12-10(11)8-4-2;1-2-3-4-5-6-7/h5-6H,3-4,7-9H2,1-2H3;4-6H,2-3H2,1H3/b6-5-;5-4+. The van der Waals surface area contributed by atoms with Gasteiger partial charge in [-0.2, -0.15) is 0 Å². The van der Waals surface area contributed by atoms with Crippen molar-refractivity contribution in [1.29, 1.82) is 0 Å². The Morgan fingerprint density at radius 1 is 1.00 bits per heavy atom. The fraction of sp³-hybridized carbons (Fsp3) is 0.625. The Morgan fingerprint density at radius 2 is 1.74 bits per heavy atom. The van der Waals surface area contributed by atoms with E-state index in [1.54, 1.807) is 0 Å². The van der Waals surface area contributed by atoms with Crippen molar-refractivity contribution in [2.24, 2.45) is 0 Å². The number of esters is 1. The molecule has 0 saturated heterocycles. The summed E-state index contributed by atoms with van der Waals surface area (Å²) in [7, 11) is 0. The van der Waals surface area contributed by atoms with Gasteiger partial charge in [0.05, 0.1) is 6.61 Å². The number of hydrogen-bond donors (Lipinski definition) is 0. The van der Waals surface area contributed by atoms with Gasteiger partial charge >= 0.3 is 5.97 Å². The Balaban J connectivity index is 0. The minimum absolute atomic E-state index is 0.0811. The van der Waals surface area contributed by atoms with Crippen molar-refractivity contribution < 1.29 is 14.3 Å². The highest BCUT2D eigenvalue weighted by Crippen LogP contribution is 1.93. The second-order valence-electron chi connectivity index (χ2n) is 3.99. The highest BCUT2D eigenvalue weighted by Gasteiger charge is 1.97. The molecule has 110 valence electrons. The minimum Gasteiger partial charge on any atom is -0.465 e. The van der Waals surface area contributed by atoms with Crippen LogP contribution in [0, 0.1) is 0 Å². The van der Waals surface area contributed by atoms with Gasteiger partial charge in [-0.25, -0.2) is 0 Å². The fourth-order valence-electron chi connectivity index (χ4n) is 1.12. The molecule has 0 N–H and O–H groups in total. The predicted octanol–water partition coefficient (Wildman–Crippen LogP) is 4.23. The summed E-state index contributed by atoms with van der Waals surface area (Å²) in [5.74, 6) is -0.0811. The van der Waals surface area contributed by atoms with Crippen LogP contribution in [-0.2, 0) is 14.3 Å². The third kappa shape index (κ3) is 22.3. The molecular weight excluding hydrogens is 240 g/mol. The monoisotopic (exact) mass is 268 g/mol. The second-order valence-corrected chi connectivity index (χ2v) is 3.99. The highest BCUT2D eigenvalue weighted by molar-refractivity contribution is 5.69. The maximum atomic E-state index is 10.8. The minimum atomic E-state index is -0.0811. The molecule has 0 saturated carbocycles. The zero-order valence-electron chi connectivity index (χ0n) is 12.6. The molecule has 0 aromatic heterocycles. The lowest BCUT2D eigenvalue weighted by Gasteiger charge is -2.00. The average Bonchev–Trinajstić information content (AvgIpc) is 2.40. The summed E-state index contributed by atoms with van der Waals surface area (Å²) in [6, 6.07) is 0. The quantitative estimate of drug-likeness (QED) is 0.207. The van der Waals surface area contributed by atoms with Gasteiger partial charge in [-0.05, 0) is 31.8 Å². The maximum Gasteiger partial charge on any atom is 0.305 e. The molecule has 0 spiro atoms. The van der Waals surface area contributed by atoms with Crippen molar-refractivity contribution in [3.8, 4) is 0 Å². The molecule has 19 heavy (non-hydrogen) atoms. The van der Waals surface area contributed by atoms with E-state index < -0.39 is 0 Å². The van der Waals surface area contributed by atoms with E-state index in [1.165, 1.54) is 6.08 Å². The van der Waals surface area contributed by atoms with E-state index in [1.807, 2.05) is 19.1 Å². The number of carbonyl (C=O) groups is 2. The fourth-order valence-corrected chi connectivity index (χ4v) is 1.12. The van der Waals surface area contributed by atoms with Crippen molar-refractivity contribution in [1.82, 2.24) is 0 Å². The van der Waals surface area contributed by atoms with Gasteiger partial charge in [-0.3, -0.25) is 9.59 Å². The van der Waals surface area contributed by atoms with Crippen LogP contribution in [-0.4, -0.2) is 18.9 Å². The van der Waals surface area contributed by atoms with Crippen LogP contribution in [0.25, 0.3) is 0 Å². The first-order valence-electron chi connectivity index (χ1n) is 7.13. The Hall–Kier alpha value is -1.38. The van der Waals surface area contributed by atoms with E-state index in [0.29, 0.717) is 13.0 Å². The molecule has 0 fully saturated rings. The molecule has 0 radical (unpaired) electrons. The zero-order chi connectivity index (χ0) is 14.8. The van der Waals surface area contributed by atoms with Gasteiger partial charge < -0.3 is 4.74 Å². The van der Waals surface area contributed by atoms with Crippen molar-refractivity contribution >= 4 is 12.3 Å². The Bertz CT molecular complexity index is 255. The number of unbranched alkanes of at least 4 members (excludes halogenated alkanes) is 1. The first-order valence-corrected chi connectivity index (χ1v) is 7.13.